The molecular formula is C15H20ClN3O2. The highest BCUT2D eigenvalue weighted by molar-refractivity contribution is 6.31. The molecule has 0 saturated carbocycles. The summed E-state index contributed by atoms with van der Waals surface area (Å²) in [6.45, 7) is 3.67. The Morgan fingerprint density at radius 1 is 1.24 bits per heavy atom. The molecule has 1 fully saturated rings. The predicted molar refractivity (Wildman–Crippen MR) is 83.5 cm³/mol. The topological polar surface area (TPSA) is 61.4 Å². The number of halogens is 1. The lowest BCUT2D eigenvalue weighted by Gasteiger charge is -2.16. The molecule has 1 aromatic carbocycles. The van der Waals surface area contributed by atoms with E-state index in [4.69, 9.17) is 11.6 Å². The minimum absolute atomic E-state index is 0.0141. The SMILES string of the molecule is Cc1c(Cl)cccc1NCC(=O)NCC(=O)N1CCCC1. The van der Waals surface area contributed by atoms with Crippen molar-refractivity contribution in [3.8, 4) is 0 Å². The van der Waals surface area contributed by atoms with Gasteiger partial charge >= 0.3 is 0 Å². The minimum Gasteiger partial charge on any atom is -0.376 e. The fourth-order valence-corrected chi connectivity index (χ4v) is 2.46. The smallest absolute Gasteiger partial charge is 0.241 e. The monoisotopic (exact) mass is 309 g/mol. The summed E-state index contributed by atoms with van der Waals surface area (Å²) in [7, 11) is 0. The highest BCUT2D eigenvalue weighted by Gasteiger charge is 2.18. The van der Waals surface area contributed by atoms with E-state index < -0.39 is 0 Å². The van der Waals surface area contributed by atoms with Crippen LogP contribution in [0, 0.1) is 6.92 Å². The molecule has 2 N–H and O–H groups in total. The van der Waals surface area contributed by atoms with Gasteiger partial charge in [-0.25, -0.2) is 0 Å². The van der Waals surface area contributed by atoms with Crippen molar-refractivity contribution >= 4 is 29.1 Å². The average molecular weight is 310 g/mol. The van der Waals surface area contributed by atoms with Crippen molar-refractivity contribution in [2.45, 2.75) is 19.8 Å². The number of hydrogen-bond donors (Lipinski definition) is 2. The van der Waals surface area contributed by atoms with Gasteiger partial charge in [-0.2, -0.15) is 0 Å². The molecule has 1 saturated heterocycles. The van der Waals surface area contributed by atoms with Crippen molar-refractivity contribution in [1.82, 2.24) is 10.2 Å². The number of carbonyl (C=O) groups is 2. The quantitative estimate of drug-likeness (QED) is 0.872. The first-order chi connectivity index (χ1) is 10.1. The van der Waals surface area contributed by atoms with E-state index in [1.165, 1.54) is 0 Å². The maximum Gasteiger partial charge on any atom is 0.241 e. The lowest BCUT2D eigenvalue weighted by atomic mass is 10.2. The van der Waals surface area contributed by atoms with Crippen LogP contribution in [0.25, 0.3) is 0 Å². The van der Waals surface area contributed by atoms with Gasteiger partial charge in [-0.15, -0.1) is 0 Å². The first-order valence-corrected chi connectivity index (χ1v) is 7.49. The summed E-state index contributed by atoms with van der Waals surface area (Å²) in [5.74, 6) is -0.221. The first kappa shape index (κ1) is 15.6. The third-order valence-electron chi connectivity index (χ3n) is 3.60. The van der Waals surface area contributed by atoms with Crippen molar-refractivity contribution in [3.05, 3.63) is 28.8 Å². The van der Waals surface area contributed by atoms with E-state index in [2.05, 4.69) is 10.6 Å². The van der Waals surface area contributed by atoms with E-state index in [1.54, 1.807) is 11.0 Å². The highest BCUT2D eigenvalue weighted by Crippen LogP contribution is 2.22. The molecule has 0 bridgehead atoms. The van der Waals surface area contributed by atoms with Crippen LogP contribution >= 0.6 is 11.6 Å². The fourth-order valence-electron chi connectivity index (χ4n) is 2.29. The average Bonchev–Trinajstić information content (AvgIpc) is 3.00. The van der Waals surface area contributed by atoms with Gasteiger partial charge in [0.15, 0.2) is 0 Å². The van der Waals surface area contributed by atoms with Crippen LogP contribution in [0.3, 0.4) is 0 Å². The molecule has 0 aliphatic carbocycles. The lowest BCUT2D eigenvalue weighted by Crippen LogP contribution is -2.40. The zero-order chi connectivity index (χ0) is 15.2. The zero-order valence-electron chi connectivity index (χ0n) is 12.1. The third kappa shape index (κ3) is 4.36. The van der Waals surface area contributed by atoms with E-state index in [0.717, 1.165) is 37.2 Å². The van der Waals surface area contributed by atoms with Gasteiger partial charge < -0.3 is 15.5 Å². The molecule has 1 aliphatic rings. The zero-order valence-corrected chi connectivity index (χ0v) is 12.9. The number of rotatable bonds is 5. The molecule has 114 valence electrons. The number of amides is 2. The van der Waals surface area contributed by atoms with Crippen LogP contribution in [0.4, 0.5) is 5.69 Å². The van der Waals surface area contributed by atoms with Gasteiger partial charge in [0.25, 0.3) is 0 Å². The number of nitrogens with one attached hydrogen (secondary N) is 2. The van der Waals surface area contributed by atoms with Gasteiger partial charge in [-0.3, -0.25) is 9.59 Å². The number of anilines is 1. The molecule has 0 radical (unpaired) electrons. The number of benzene rings is 1. The molecule has 1 aliphatic heterocycles. The number of hydrogen-bond acceptors (Lipinski definition) is 3. The van der Waals surface area contributed by atoms with Crippen LogP contribution in [0.5, 0.6) is 0 Å². The van der Waals surface area contributed by atoms with E-state index in [1.807, 2.05) is 19.1 Å². The largest absolute Gasteiger partial charge is 0.376 e. The Morgan fingerprint density at radius 2 is 1.95 bits per heavy atom. The minimum atomic E-state index is -0.207. The summed E-state index contributed by atoms with van der Waals surface area (Å²) < 4.78 is 0. The van der Waals surface area contributed by atoms with E-state index >= 15 is 0 Å². The predicted octanol–water partition coefficient (Wildman–Crippen LogP) is 1.80. The van der Waals surface area contributed by atoms with Crippen LogP contribution in [-0.2, 0) is 9.59 Å². The maximum atomic E-state index is 11.8. The van der Waals surface area contributed by atoms with Crippen molar-refractivity contribution < 1.29 is 9.59 Å². The van der Waals surface area contributed by atoms with E-state index in [9.17, 15) is 9.59 Å². The van der Waals surface area contributed by atoms with E-state index in [0.29, 0.717) is 5.02 Å². The standard InChI is InChI=1S/C15H20ClN3O2/c1-11-12(16)5-4-6-13(11)17-9-14(20)18-10-15(21)19-7-2-3-8-19/h4-6,17H,2-3,7-10H2,1H3,(H,18,20). The summed E-state index contributed by atoms with van der Waals surface area (Å²) in [6.07, 6.45) is 2.10. The lowest BCUT2D eigenvalue weighted by molar-refractivity contribution is -0.131. The van der Waals surface area contributed by atoms with Gasteiger partial charge in [0.1, 0.15) is 0 Å². The second-order valence-electron chi connectivity index (χ2n) is 5.13. The molecule has 0 unspecified atom stereocenters. The number of carbonyl (C=O) groups excluding carboxylic acids is 2. The van der Waals surface area contributed by atoms with Crippen molar-refractivity contribution in [3.63, 3.8) is 0 Å². The molecular weight excluding hydrogens is 290 g/mol. The summed E-state index contributed by atoms with van der Waals surface area (Å²) in [6, 6.07) is 5.49. The number of nitrogens with zero attached hydrogens (tertiary/aromatic N) is 1. The highest BCUT2D eigenvalue weighted by atomic mass is 35.5. The summed E-state index contributed by atoms with van der Waals surface area (Å²) in [4.78, 5) is 25.3. The molecule has 0 atom stereocenters. The normalized spacial score (nSPS) is 14.1. The van der Waals surface area contributed by atoms with Gasteiger partial charge in [0, 0.05) is 23.8 Å². The molecule has 5 nitrogen and oxygen atoms in total. The molecule has 0 spiro atoms. The Balaban J connectivity index is 1.74. The Hall–Kier alpha value is -1.75. The fraction of sp³-hybridized carbons (Fsp3) is 0.467. The Bertz CT molecular complexity index is 528. The Labute approximate surface area is 129 Å². The van der Waals surface area contributed by atoms with Crippen LogP contribution in [0.2, 0.25) is 5.02 Å². The van der Waals surface area contributed by atoms with Crippen LogP contribution in [-0.4, -0.2) is 42.9 Å². The second kappa shape index (κ2) is 7.31. The van der Waals surface area contributed by atoms with Crippen molar-refractivity contribution in [1.29, 1.82) is 0 Å². The Kier molecular flexibility index (Phi) is 5.44. The van der Waals surface area contributed by atoms with E-state index in [-0.39, 0.29) is 24.9 Å². The summed E-state index contributed by atoms with van der Waals surface area (Å²) in [5.41, 5.74) is 1.73. The molecule has 21 heavy (non-hydrogen) atoms. The molecule has 0 aromatic heterocycles. The summed E-state index contributed by atoms with van der Waals surface area (Å²) >= 11 is 6.01. The molecule has 2 rings (SSSR count). The van der Waals surface area contributed by atoms with Gasteiger partial charge in [-0.1, -0.05) is 17.7 Å². The van der Waals surface area contributed by atoms with Gasteiger partial charge in [-0.05, 0) is 37.5 Å². The van der Waals surface area contributed by atoms with Crippen molar-refractivity contribution in [2.75, 3.05) is 31.5 Å². The maximum absolute atomic E-state index is 11.8. The van der Waals surface area contributed by atoms with Crippen LogP contribution in [0.15, 0.2) is 18.2 Å². The molecule has 1 aromatic rings. The van der Waals surface area contributed by atoms with Crippen molar-refractivity contribution in [2.24, 2.45) is 0 Å². The van der Waals surface area contributed by atoms with Crippen LogP contribution < -0.4 is 10.6 Å². The van der Waals surface area contributed by atoms with Gasteiger partial charge in [0.05, 0.1) is 13.1 Å². The summed E-state index contributed by atoms with van der Waals surface area (Å²) in [5, 5.41) is 6.32. The first-order valence-electron chi connectivity index (χ1n) is 7.11. The molecule has 1 heterocycles. The third-order valence-corrected chi connectivity index (χ3v) is 4.01. The van der Waals surface area contributed by atoms with Crippen LogP contribution in [0.1, 0.15) is 18.4 Å². The number of likely N-dealkylation sites (tertiary alicyclic amines) is 1. The Morgan fingerprint density at radius 3 is 2.67 bits per heavy atom. The molecule has 2 amide bonds. The van der Waals surface area contributed by atoms with Gasteiger partial charge in [0.2, 0.25) is 11.8 Å². The molecule has 6 heteroatoms. The second-order valence-corrected chi connectivity index (χ2v) is 5.54.